The molecule has 5 nitrogen and oxygen atoms in total. The van der Waals surface area contributed by atoms with Crippen molar-refractivity contribution in [2.45, 2.75) is 44.4 Å². The standard InChI is InChI=1S/C28H31Cl2F3N5.2ClH/c1-36-13-14-37(18-36)12-9-34-17-26-24-15-19-4-5-20(29)16-23(19)22(24)8-11-38(26)10-2-3-21-6-7-25(30)27(35-21)28(31,32)33;;/h4-7,13-14,16,18,26,34H,2-3,8-12,15,17H2,1H3;2*1H/q+1;;/p-1. The molecule has 0 fully saturated rings. The number of fused-ring (bicyclic) bond motifs is 2. The Kier molecular flexibility index (Phi) is 11.4. The van der Waals surface area contributed by atoms with Crippen LogP contribution >= 0.6 is 35.6 Å². The van der Waals surface area contributed by atoms with Crippen molar-refractivity contribution in [3.63, 3.8) is 0 Å². The van der Waals surface area contributed by atoms with Crippen LogP contribution in [0.5, 0.6) is 0 Å². The summed E-state index contributed by atoms with van der Waals surface area (Å²) < 4.78 is 43.9. The molecule has 0 bridgehead atoms. The number of aryl methyl sites for hydroxylation is 2. The molecule has 12 heteroatoms. The molecule has 1 aromatic carbocycles. The second-order valence-corrected chi connectivity index (χ2v) is 10.9. The summed E-state index contributed by atoms with van der Waals surface area (Å²) in [5, 5.41) is 4.04. The number of hydrogen-bond acceptors (Lipinski definition) is 3. The van der Waals surface area contributed by atoms with Crippen LogP contribution in [0.3, 0.4) is 0 Å². The van der Waals surface area contributed by atoms with E-state index in [0.717, 1.165) is 50.6 Å². The molecule has 0 spiro atoms. The van der Waals surface area contributed by atoms with Crippen molar-refractivity contribution in [3.05, 3.63) is 87.2 Å². The molecule has 0 amide bonds. The van der Waals surface area contributed by atoms with Gasteiger partial charge in [-0.05, 0) is 78.8 Å². The van der Waals surface area contributed by atoms with Gasteiger partial charge >= 0.3 is 6.18 Å². The molecule has 0 radical (unpaired) electrons. The number of nitrogens with one attached hydrogen (secondary N) is 1. The third-order valence-electron chi connectivity index (χ3n) is 7.42. The van der Waals surface area contributed by atoms with Gasteiger partial charge in [-0.25, -0.2) is 14.1 Å². The molecule has 0 saturated heterocycles. The molecule has 3 aromatic rings. The van der Waals surface area contributed by atoms with E-state index in [9.17, 15) is 13.2 Å². The highest BCUT2D eigenvalue weighted by Crippen LogP contribution is 2.42. The molecule has 2 aliphatic rings. The van der Waals surface area contributed by atoms with Gasteiger partial charge in [0.15, 0.2) is 5.69 Å². The van der Waals surface area contributed by atoms with Crippen molar-refractivity contribution in [1.82, 2.24) is 19.8 Å². The highest BCUT2D eigenvalue weighted by molar-refractivity contribution is 6.31. The molecule has 40 heavy (non-hydrogen) atoms. The van der Waals surface area contributed by atoms with Crippen LogP contribution in [-0.2, 0) is 32.6 Å². The van der Waals surface area contributed by atoms with E-state index in [1.54, 1.807) is 6.07 Å². The number of nitrogens with zero attached hydrogens (tertiary/aromatic N) is 4. The molecule has 218 valence electrons. The van der Waals surface area contributed by atoms with Gasteiger partial charge in [-0.2, -0.15) is 13.2 Å². The van der Waals surface area contributed by atoms with Crippen LogP contribution in [0, 0.1) is 0 Å². The molecule has 3 heterocycles. The molecule has 1 N–H and O–H groups in total. The smallest absolute Gasteiger partial charge is 0.434 e. The van der Waals surface area contributed by atoms with Crippen LogP contribution in [0.25, 0.3) is 5.57 Å². The first-order valence-electron chi connectivity index (χ1n) is 12.9. The molecular weight excluding hydrogens is 605 g/mol. The molecular formula is C28H32Cl4F3N5. The maximum absolute atomic E-state index is 13.2. The van der Waals surface area contributed by atoms with Crippen LogP contribution in [-0.4, -0.2) is 46.7 Å². The maximum Gasteiger partial charge on any atom is 0.434 e. The number of aromatic nitrogens is 3. The van der Waals surface area contributed by atoms with Gasteiger partial charge in [-0.1, -0.05) is 29.3 Å². The van der Waals surface area contributed by atoms with Gasteiger partial charge in [-0.3, -0.25) is 4.90 Å². The summed E-state index contributed by atoms with van der Waals surface area (Å²) in [6.45, 7) is 4.20. The molecule has 1 unspecified atom stereocenters. The lowest BCUT2D eigenvalue weighted by molar-refractivity contribution is -0.671. The Morgan fingerprint density at radius 1 is 1.15 bits per heavy atom. The van der Waals surface area contributed by atoms with E-state index in [1.165, 1.54) is 28.3 Å². The lowest BCUT2D eigenvalue weighted by atomic mass is 9.92. The van der Waals surface area contributed by atoms with E-state index in [1.807, 2.05) is 23.9 Å². The van der Waals surface area contributed by atoms with E-state index < -0.39 is 11.9 Å². The van der Waals surface area contributed by atoms with E-state index in [2.05, 4.69) is 44.4 Å². The fraction of sp³-hybridized carbons (Fsp3) is 0.429. The van der Waals surface area contributed by atoms with Crippen molar-refractivity contribution < 1.29 is 30.1 Å². The number of imidazole rings is 1. The van der Waals surface area contributed by atoms with Gasteiger partial charge in [0.2, 0.25) is 6.33 Å². The summed E-state index contributed by atoms with van der Waals surface area (Å²) in [5.41, 5.74) is 4.81. The Labute approximate surface area is 255 Å². The van der Waals surface area contributed by atoms with Gasteiger partial charge in [0, 0.05) is 36.4 Å². The second-order valence-electron chi connectivity index (χ2n) is 10.0. The average molecular weight is 637 g/mol. The van der Waals surface area contributed by atoms with Crippen molar-refractivity contribution in [2.75, 3.05) is 26.2 Å². The Balaban J connectivity index is 0.00000220. The van der Waals surface area contributed by atoms with Gasteiger partial charge in [0.25, 0.3) is 0 Å². The Morgan fingerprint density at radius 2 is 1.95 bits per heavy atom. The molecule has 5 rings (SSSR count). The molecule has 1 aliphatic carbocycles. The fourth-order valence-electron chi connectivity index (χ4n) is 5.60. The highest BCUT2D eigenvalue weighted by Gasteiger charge is 2.36. The second kappa shape index (κ2) is 13.9. The van der Waals surface area contributed by atoms with Gasteiger partial charge in [-0.15, -0.1) is 12.4 Å². The maximum atomic E-state index is 13.2. The first-order valence-corrected chi connectivity index (χ1v) is 13.6. The zero-order valence-corrected chi connectivity index (χ0v) is 25.1. The molecule has 1 aliphatic heterocycles. The Bertz CT molecular complexity index is 1340. The minimum absolute atomic E-state index is 0. The minimum Gasteiger partial charge on any atom is -1.00 e. The van der Waals surface area contributed by atoms with Crippen LogP contribution < -0.4 is 22.3 Å². The predicted molar refractivity (Wildman–Crippen MR) is 150 cm³/mol. The van der Waals surface area contributed by atoms with Crippen molar-refractivity contribution in [3.8, 4) is 0 Å². The van der Waals surface area contributed by atoms with E-state index >= 15 is 0 Å². The van der Waals surface area contributed by atoms with Crippen LogP contribution in [0.4, 0.5) is 13.2 Å². The summed E-state index contributed by atoms with van der Waals surface area (Å²) >= 11 is 12.1. The van der Waals surface area contributed by atoms with E-state index in [0.29, 0.717) is 18.5 Å². The van der Waals surface area contributed by atoms with Crippen LogP contribution in [0.15, 0.2) is 54.6 Å². The first-order chi connectivity index (χ1) is 18.2. The van der Waals surface area contributed by atoms with Crippen molar-refractivity contribution in [2.24, 2.45) is 7.05 Å². The highest BCUT2D eigenvalue weighted by atomic mass is 35.5. The van der Waals surface area contributed by atoms with Gasteiger partial charge in [0.1, 0.15) is 18.9 Å². The third-order valence-corrected chi connectivity index (χ3v) is 7.96. The lowest BCUT2D eigenvalue weighted by Gasteiger charge is -2.37. The Morgan fingerprint density at radius 3 is 2.67 bits per heavy atom. The number of hydrogen-bond donors (Lipinski definition) is 1. The summed E-state index contributed by atoms with van der Waals surface area (Å²) in [5.74, 6) is 0. The van der Waals surface area contributed by atoms with Crippen molar-refractivity contribution in [1.29, 1.82) is 0 Å². The Hall–Kier alpha value is -1.81. The van der Waals surface area contributed by atoms with Gasteiger partial charge < -0.3 is 17.7 Å². The number of benzene rings is 1. The predicted octanol–water partition coefficient (Wildman–Crippen LogP) is 2.77. The summed E-state index contributed by atoms with van der Waals surface area (Å²) in [4.78, 5) is 6.28. The van der Waals surface area contributed by atoms with Crippen LogP contribution in [0.1, 0.15) is 35.4 Å². The number of pyridine rings is 1. The number of rotatable bonds is 9. The summed E-state index contributed by atoms with van der Waals surface area (Å²) in [6, 6.07) is 9.26. The quantitative estimate of drug-likeness (QED) is 0.290. The van der Waals surface area contributed by atoms with Crippen molar-refractivity contribution >= 4 is 41.2 Å². The van der Waals surface area contributed by atoms with E-state index in [4.69, 9.17) is 23.2 Å². The lowest BCUT2D eigenvalue weighted by Crippen LogP contribution is -3.00. The first kappa shape index (κ1) is 32.7. The van der Waals surface area contributed by atoms with Crippen LogP contribution in [0.2, 0.25) is 10.0 Å². The topological polar surface area (TPSA) is 37.0 Å². The van der Waals surface area contributed by atoms with Gasteiger partial charge in [0.05, 0.1) is 12.1 Å². The molecule has 1 atom stereocenters. The zero-order valence-electron chi connectivity index (χ0n) is 22.0. The zero-order chi connectivity index (χ0) is 26.9. The fourth-order valence-corrected chi connectivity index (χ4v) is 5.98. The largest absolute Gasteiger partial charge is 1.00 e. The molecule has 2 aromatic heterocycles. The number of alkyl halides is 3. The average Bonchev–Trinajstić information content (AvgIpc) is 3.45. The molecule has 0 saturated carbocycles. The SMILES string of the molecule is C[n+]1ccn(CCNCC2C3=C(CCN2CCCc2ccc(Cl)c(C(F)(F)F)n2)c2cc(Cl)ccc2C3)c1.Cl.[Cl-]. The third kappa shape index (κ3) is 7.52. The van der Waals surface area contributed by atoms with E-state index in [-0.39, 0.29) is 35.9 Å². The number of halogens is 7. The monoisotopic (exact) mass is 635 g/mol. The minimum atomic E-state index is -4.56. The normalized spacial score (nSPS) is 16.8. The summed E-state index contributed by atoms with van der Waals surface area (Å²) in [6.07, 6.45) is 4.60. The summed E-state index contributed by atoms with van der Waals surface area (Å²) in [7, 11) is 2.01.